The van der Waals surface area contributed by atoms with Crippen molar-refractivity contribution in [1.82, 2.24) is 0 Å². The number of rotatable bonds is 2. The Labute approximate surface area is 139 Å². The maximum atomic E-state index is 11.5. The summed E-state index contributed by atoms with van der Waals surface area (Å²) in [5, 5.41) is 10.6. The molecule has 0 radical (unpaired) electrons. The molecule has 25 heavy (non-hydrogen) atoms. The van der Waals surface area contributed by atoms with Crippen molar-refractivity contribution in [3.8, 4) is 0 Å². The van der Waals surface area contributed by atoms with Crippen molar-refractivity contribution in [2.75, 3.05) is 5.32 Å². The number of nitrogens with two attached hydrogens (primary N) is 1. The lowest BCUT2D eigenvalue weighted by atomic mass is 10.1. The normalized spacial score (nSPS) is 12.1. The maximum absolute atomic E-state index is 11.5. The molecule has 7 nitrogen and oxygen atoms in total. The summed E-state index contributed by atoms with van der Waals surface area (Å²) in [7, 11) is 0. The van der Waals surface area contributed by atoms with Gasteiger partial charge in [0.15, 0.2) is 0 Å². The fraction of sp³-hybridized carbons (Fsp3) is 0.267. The molecule has 0 aliphatic heterocycles. The number of carbonyl (C=O) groups is 2. The Kier molecular flexibility index (Phi) is 6.29. The molecule has 0 fully saturated rings. The van der Waals surface area contributed by atoms with Crippen molar-refractivity contribution in [2.24, 2.45) is 5.73 Å². The summed E-state index contributed by atoms with van der Waals surface area (Å²) in [6.07, 6.45) is -5.08. The topological polar surface area (TPSA) is 123 Å². The molecular weight excluding hydrogens is 345 g/mol. The number of carbonyl (C=O) groups excluding carboxylic acids is 1. The van der Waals surface area contributed by atoms with Crippen LogP contribution in [-0.4, -0.2) is 29.2 Å². The summed E-state index contributed by atoms with van der Waals surface area (Å²) < 4.78 is 36.8. The van der Waals surface area contributed by atoms with E-state index in [1.54, 1.807) is 25.1 Å². The van der Waals surface area contributed by atoms with E-state index in [4.69, 9.17) is 20.1 Å². The van der Waals surface area contributed by atoms with E-state index >= 15 is 0 Å². The van der Waals surface area contributed by atoms with Crippen LogP contribution in [-0.2, 0) is 9.59 Å². The van der Waals surface area contributed by atoms with Crippen molar-refractivity contribution in [3.05, 3.63) is 40.2 Å². The van der Waals surface area contributed by atoms with Crippen LogP contribution in [0.15, 0.2) is 33.5 Å². The minimum Gasteiger partial charge on any atom is -0.475 e. The fourth-order valence-corrected chi connectivity index (χ4v) is 1.66. The average Bonchev–Trinajstić information content (AvgIpc) is 2.46. The molecule has 0 saturated heterocycles. The number of halogens is 3. The zero-order valence-electron chi connectivity index (χ0n) is 13.2. The van der Waals surface area contributed by atoms with Gasteiger partial charge in [0.2, 0.25) is 5.91 Å². The first-order valence-corrected chi connectivity index (χ1v) is 6.83. The minimum absolute atomic E-state index is 0.288. The smallest absolute Gasteiger partial charge is 0.475 e. The van der Waals surface area contributed by atoms with E-state index in [2.05, 4.69) is 5.32 Å². The van der Waals surface area contributed by atoms with Gasteiger partial charge in [-0.1, -0.05) is 0 Å². The van der Waals surface area contributed by atoms with Gasteiger partial charge in [-0.05, 0) is 31.5 Å². The van der Waals surface area contributed by atoms with Crippen LogP contribution in [0, 0.1) is 6.92 Å². The quantitative estimate of drug-likeness (QED) is 0.704. The lowest BCUT2D eigenvalue weighted by Crippen LogP contribution is -2.32. The standard InChI is InChI=1S/C13H14N2O3.C2HF3O2/c1-7-5-12(16)18-11-6-9(3-4-10(7)11)15-13(17)8(2)14;3-2(4,5)1(6)7/h3-6,8H,14H2,1-2H3,(H,15,17);(H,6,7). The number of aliphatic carboxylic acids is 1. The molecule has 0 bridgehead atoms. The average molecular weight is 360 g/mol. The third-order valence-electron chi connectivity index (χ3n) is 2.87. The number of aryl methyl sites for hydroxylation is 1. The van der Waals surface area contributed by atoms with E-state index in [1.807, 2.05) is 6.92 Å². The molecule has 1 unspecified atom stereocenters. The van der Waals surface area contributed by atoms with E-state index in [9.17, 15) is 22.8 Å². The Balaban J connectivity index is 0.000000381. The highest BCUT2D eigenvalue weighted by atomic mass is 19.4. The second-order valence-electron chi connectivity index (χ2n) is 5.04. The number of alkyl halides is 3. The van der Waals surface area contributed by atoms with Crippen LogP contribution in [0.5, 0.6) is 0 Å². The molecule has 0 spiro atoms. The van der Waals surface area contributed by atoms with Gasteiger partial charge in [-0.3, -0.25) is 4.79 Å². The van der Waals surface area contributed by atoms with Crippen molar-refractivity contribution in [2.45, 2.75) is 26.1 Å². The highest BCUT2D eigenvalue weighted by Gasteiger charge is 2.38. The molecule has 1 aromatic carbocycles. The van der Waals surface area contributed by atoms with Gasteiger partial charge in [0, 0.05) is 23.2 Å². The molecule has 136 valence electrons. The van der Waals surface area contributed by atoms with Crippen LogP contribution in [0.4, 0.5) is 18.9 Å². The fourth-order valence-electron chi connectivity index (χ4n) is 1.66. The Morgan fingerprint density at radius 2 is 1.84 bits per heavy atom. The van der Waals surface area contributed by atoms with E-state index in [0.29, 0.717) is 11.3 Å². The van der Waals surface area contributed by atoms with Crippen LogP contribution < -0.4 is 16.7 Å². The molecule has 4 N–H and O–H groups in total. The zero-order valence-corrected chi connectivity index (χ0v) is 13.2. The third-order valence-corrected chi connectivity index (χ3v) is 2.87. The summed E-state index contributed by atoms with van der Waals surface area (Å²) in [5.74, 6) is -3.04. The lowest BCUT2D eigenvalue weighted by molar-refractivity contribution is -0.192. The summed E-state index contributed by atoms with van der Waals surface area (Å²) >= 11 is 0. The number of hydrogen-bond donors (Lipinski definition) is 3. The molecular formula is C15H15F3N2O5. The molecule has 1 amide bonds. The number of carboxylic acid groups (broad SMARTS) is 1. The Bertz CT molecular complexity index is 843. The molecule has 0 aliphatic carbocycles. The van der Waals surface area contributed by atoms with Crippen molar-refractivity contribution in [3.63, 3.8) is 0 Å². The van der Waals surface area contributed by atoms with Crippen LogP contribution >= 0.6 is 0 Å². The van der Waals surface area contributed by atoms with Crippen LogP contribution in [0.2, 0.25) is 0 Å². The molecule has 2 rings (SSSR count). The van der Waals surface area contributed by atoms with Gasteiger partial charge in [-0.25, -0.2) is 9.59 Å². The summed E-state index contributed by atoms with van der Waals surface area (Å²) in [5.41, 5.74) is 6.89. The monoisotopic (exact) mass is 360 g/mol. The summed E-state index contributed by atoms with van der Waals surface area (Å²) in [6.45, 7) is 3.43. The highest BCUT2D eigenvalue weighted by molar-refractivity contribution is 5.96. The minimum atomic E-state index is -5.08. The first-order chi connectivity index (χ1) is 11.4. The predicted octanol–water partition coefficient (Wildman–Crippen LogP) is 2.02. The van der Waals surface area contributed by atoms with E-state index in [0.717, 1.165) is 10.9 Å². The first kappa shape index (κ1) is 20.2. The van der Waals surface area contributed by atoms with Gasteiger partial charge in [0.25, 0.3) is 0 Å². The Morgan fingerprint density at radius 1 is 1.28 bits per heavy atom. The Hall–Kier alpha value is -2.88. The lowest BCUT2D eigenvalue weighted by Gasteiger charge is -2.08. The maximum Gasteiger partial charge on any atom is 0.490 e. The SMILES string of the molecule is Cc1cc(=O)oc2cc(NC(=O)C(C)N)ccc12.O=C(O)C(F)(F)F. The number of hydrogen-bond acceptors (Lipinski definition) is 5. The number of fused-ring (bicyclic) bond motifs is 1. The number of carboxylic acids is 1. The van der Waals surface area contributed by atoms with Crippen molar-refractivity contribution in [1.29, 1.82) is 0 Å². The highest BCUT2D eigenvalue weighted by Crippen LogP contribution is 2.20. The molecule has 1 aromatic heterocycles. The number of amides is 1. The summed E-state index contributed by atoms with van der Waals surface area (Å²) in [6, 6.07) is 6.00. The van der Waals surface area contributed by atoms with Crippen LogP contribution in [0.1, 0.15) is 12.5 Å². The van der Waals surface area contributed by atoms with E-state index in [1.165, 1.54) is 6.07 Å². The van der Waals surface area contributed by atoms with Crippen LogP contribution in [0.3, 0.4) is 0 Å². The summed E-state index contributed by atoms with van der Waals surface area (Å²) in [4.78, 5) is 31.6. The second-order valence-corrected chi connectivity index (χ2v) is 5.04. The van der Waals surface area contributed by atoms with Gasteiger partial charge in [0.1, 0.15) is 5.58 Å². The van der Waals surface area contributed by atoms with E-state index < -0.39 is 23.8 Å². The van der Waals surface area contributed by atoms with Crippen LogP contribution in [0.25, 0.3) is 11.0 Å². The molecule has 10 heteroatoms. The van der Waals surface area contributed by atoms with Crippen molar-refractivity contribution < 1.29 is 32.3 Å². The largest absolute Gasteiger partial charge is 0.490 e. The molecule has 2 aromatic rings. The van der Waals surface area contributed by atoms with Gasteiger partial charge in [-0.2, -0.15) is 13.2 Å². The van der Waals surface area contributed by atoms with Gasteiger partial charge >= 0.3 is 17.8 Å². The Morgan fingerprint density at radius 3 is 2.32 bits per heavy atom. The van der Waals surface area contributed by atoms with E-state index in [-0.39, 0.29) is 5.91 Å². The van der Waals surface area contributed by atoms with Gasteiger partial charge in [0.05, 0.1) is 6.04 Å². The van der Waals surface area contributed by atoms with Gasteiger partial charge in [-0.15, -0.1) is 0 Å². The first-order valence-electron chi connectivity index (χ1n) is 6.83. The zero-order chi connectivity index (χ0) is 19.4. The van der Waals surface area contributed by atoms with Crippen molar-refractivity contribution >= 4 is 28.5 Å². The predicted molar refractivity (Wildman–Crippen MR) is 83.2 cm³/mol. The second kappa shape index (κ2) is 7.79. The third kappa shape index (κ3) is 5.92. The molecule has 1 heterocycles. The van der Waals surface area contributed by atoms with Gasteiger partial charge < -0.3 is 20.6 Å². The molecule has 1 atom stereocenters. The number of benzene rings is 1. The number of anilines is 1. The molecule has 0 saturated carbocycles. The molecule has 0 aliphatic rings. The number of nitrogens with one attached hydrogen (secondary N) is 1.